The normalized spacial score (nSPS) is 11.6. The number of hydrogen-bond acceptors (Lipinski definition) is 6. The van der Waals surface area contributed by atoms with E-state index in [0.29, 0.717) is 17.0 Å². The number of carbonyl (C=O) groups is 1. The maximum Gasteiger partial charge on any atom is 0.418 e. The highest BCUT2D eigenvalue weighted by Crippen LogP contribution is 2.36. The number of nitrogens with zero attached hydrogens (tertiary/aromatic N) is 4. The molecule has 8 nitrogen and oxygen atoms in total. The molecule has 2 heterocycles. The standard InChI is InChI=1S/C20H14ClF4N7OS/c21-11-3-6-14(13(7-11)20(23,24)25)27-17(33)9-34-19-31-30-18(32(19)26)16-8-15(28-29-16)10-1-4-12(22)5-2-10/h1-8H,9,26H2,(H,27,33)(H,28,29). The third-order valence-electron chi connectivity index (χ3n) is 4.52. The first-order chi connectivity index (χ1) is 16.1. The van der Waals surface area contributed by atoms with Crippen LogP contribution in [0.1, 0.15) is 5.56 Å². The number of alkyl halides is 3. The number of amides is 1. The second kappa shape index (κ2) is 9.35. The molecule has 4 aromatic rings. The lowest BCUT2D eigenvalue weighted by atomic mass is 10.1. The SMILES string of the molecule is Nn1c(SCC(=O)Nc2ccc(Cl)cc2C(F)(F)F)nnc1-c1cc(-c2ccc(F)cc2)n[nH]1. The maximum atomic E-state index is 13.2. The molecule has 14 heteroatoms. The summed E-state index contributed by atoms with van der Waals surface area (Å²) >= 11 is 6.52. The second-order valence-corrected chi connectivity index (χ2v) is 8.25. The van der Waals surface area contributed by atoms with E-state index in [9.17, 15) is 22.4 Å². The van der Waals surface area contributed by atoms with E-state index in [1.54, 1.807) is 18.2 Å². The fourth-order valence-corrected chi connectivity index (χ4v) is 3.77. The molecule has 2 aromatic heterocycles. The molecule has 0 saturated carbocycles. The number of nitrogens with one attached hydrogen (secondary N) is 2. The fraction of sp³-hybridized carbons (Fsp3) is 0.100. The Bertz CT molecular complexity index is 1340. The van der Waals surface area contributed by atoms with Gasteiger partial charge in [0.15, 0.2) is 0 Å². The molecule has 0 atom stereocenters. The van der Waals surface area contributed by atoms with Crippen molar-refractivity contribution in [2.75, 3.05) is 16.9 Å². The van der Waals surface area contributed by atoms with Crippen LogP contribution in [0.4, 0.5) is 23.2 Å². The van der Waals surface area contributed by atoms with Crippen molar-refractivity contribution in [1.82, 2.24) is 25.1 Å². The van der Waals surface area contributed by atoms with E-state index < -0.39 is 23.3 Å². The molecule has 0 radical (unpaired) electrons. The van der Waals surface area contributed by atoms with Crippen molar-refractivity contribution in [2.24, 2.45) is 0 Å². The van der Waals surface area contributed by atoms with Gasteiger partial charge in [-0.3, -0.25) is 9.89 Å². The molecule has 34 heavy (non-hydrogen) atoms. The van der Waals surface area contributed by atoms with Crippen LogP contribution in [0.2, 0.25) is 5.02 Å². The molecular weight excluding hydrogens is 498 g/mol. The van der Waals surface area contributed by atoms with E-state index in [-0.39, 0.29) is 27.6 Å². The Morgan fingerprint density at radius 2 is 1.88 bits per heavy atom. The molecule has 4 N–H and O–H groups in total. The monoisotopic (exact) mass is 511 g/mol. The number of carbonyl (C=O) groups excluding carboxylic acids is 1. The van der Waals surface area contributed by atoms with Gasteiger partial charge in [0.2, 0.25) is 16.9 Å². The van der Waals surface area contributed by atoms with E-state index in [0.717, 1.165) is 28.6 Å². The van der Waals surface area contributed by atoms with Crippen molar-refractivity contribution < 1.29 is 22.4 Å². The number of nitrogens with two attached hydrogens (primary N) is 1. The molecule has 0 unspecified atom stereocenters. The number of rotatable bonds is 6. The smallest absolute Gasteiger partial charge is 0.335 e. The summed E-state index contributed by atoms with van der Waals surface area (Å²) in [6.07, 6.45) is -4.69. The lowest BCUT2D eigenvalue weighted by molar-refractivity contribution is -0.137. The number of hydrogen-bond donors (Lipinski definition) is 3. The summed E-state index contributed by atoms with van der Waals surface area (Å²) in [5, 5.41) is 17.0. The van der Waals surface area contributed by atoms with Crippen LogP contribution < -0.4 is 11.2 Å². The van der Waals surface area contributed by atoms with Crippen LogP contribution in [-0.2, 0) is 11.0 Å². The number of benzene rings is 2. The highest BCUT2D eigenvalue weighted by Gasteiger charge is 2.34. The lowest BCUT2D eigenvalue weighted by Gasteiger charge is -2.14. The predicted molar refractivity (Wildman–Crippen MR) is 119 cm³/mol. The van der Waals surface area contributed by atoms with E-state index in [1.807, 2.05) is 0 Å². The summed E-state index contributed by atoms with van der Waals surface area (Å²) in [6.45, 7) is 0. The summed E-state index contributed by atoms with van der Waals surface area (Å²) < 4.78 is 53.8. The molecule has 0 aliphatic carbocycles. The van der Waals surface area contributed by atoms with Gasteiger partial charge in [-0.1, -0.05) is 23.4 Å². The number of anilines is 1. The molecule has 0 bridgehead atoms. The molecule has 0 saturated heterocycles. The van der Waals surface area contributed by atoms with Crippen LogP contribution in [0.5, 0.6) is 0 Å². The number of thioether (sulfide) groups is 1. The highest BCUT2D eigenvalue weighted by molar-refractivity contribution is 7.99. The highest BCUT2D eigenvalue weighted by atomic mass is 35.5. The van der Waals surface area contributed by atoms with E-state index in [2.05, 4.69) is 25.7 Å². The Hall–Kier alpha value is -3.58. The topological polar surface area (TPSA) is 115 Å². The number of nitrogen functional groups attached to an aromatic ring is 1. The second-order valence-electron chi connectivity index (χ2n) is 6.87. The first kappa shape index (κ1) is 23.6. The van der Waals surface area contributed by atoms with Gasteiger partial charge in [0.05, 0.1) is 22.7 Å². The van der Waals surface area contributed by atoms with Gasteiger partial charge in [-0.25, -0.2) is 9.07 Å². The molecule has 176 valence electrons. The molecule has 0 spiro atoms. The zero-order chi connectivity index (χ0) is 24.5. The zero-order valence-corrected chi connectivity index (χ0v) is 18.5. The first-order valence-corrected chi connectivity index (χ1v) is 10.8. The van der Waals surface area contributed by atoms with Gasteiger partial charge < -0.3 is 11.2 Å². The predicted octanol–water partition coefficient (Wildman–Crippen LogP) is 4.59. The average Bonchev–Trinajstić information content (AvgIpc) is 3.40. The summed E-state index contributed by atoms with van der Waals surface area (Å²) in [5.41, 5.74) is 0.136. The molecule has 2 aromatic carbocycles. The number of halogens is 5. The number of H-pyrrole nitrogens is 1. The van der Waals surface area contributed by atoms with Crippen molar-refractivity contribution in [3.63, 3.8) is 0 Å². The quantitative estimate of drug-likeness (QED) is 0.198. The zero-order valence-electron chi connectivity index (χ0n) is 16.9. The van der Waals surface area contributed by atoms with E-state index in [1.165, 1.54) is 18.2 Å². The van der Waals surface area contributed by atoms with Gasteiger partial charge in [0, 0.05) is 10.6 Å². The summed E-state index contributed by atoms with van der Waals surface area (Å²) in [6, 6.07) is 10.4. The van der Waals surface area contributed by atoms with Crippen molar-refractivity contribution in [3.05, 3.63) is 64.9 Å². The summed E-state index contributed by atoms with van der Waals surface area (Å²) in [4.78, 5) is 12.2. The van der Waals surface area contributed by atoms with Crippen LogP contribution in [0.3, 0.4) is 0 Å². The van der Waals surface area contributed by atoms with Gasteiger partial charge in [-0.05, 0) is 48.5 Å². The lowest BCUT2D eigenvalue weighted by Crippen LogP contribution is -2.19. The van der Waals surface area contributed by atoms with Crippen molar-refractivity contribution >= 4 is 35.0 Å². The molecule has 4 rings (SSSR count). The Kier molecular flexibility index (Phi) is 6.48. The van der Waals surface area contributed by atoms with Crippen LogP contribution in [-0.4, -0.2) is 36.7 Å². The first-order valence-electron chi connectivity index (χ1n) is 9.43. The minimum Gasteiger partial charge on any atom is -0.335 e. The Balaban J connectivity index is 1.44. The molecule has 0 aliphatic rings. The third kappa shape index (κ3) is 5.15. The van der Waals surface area contributed by atoms with Crippen LogP contribution in [0.15, 0.2) is 53.7 Å². The third-order valence-corrected chi connectivity index (χ3v) is 5.69. The van der Waals surface area contributed by atoms with Crippen LogP contribution in [0.25, 0.3) is 22.8 Å². The molecular formula is C20H14ClF4N7OS. The van der Waals surface area contributed by atoms with Crippen molar-refractivity contribution in [3.8, 4) is 22.8 Å². The summed E-state index contributed by atoms with van der Waals surface area (Å²) in [7, 11) is 0. The van der Waals surface area contributed by atoms with Gasteiger partial charge in [-0.2, -0.15) is 18.3 Å². The fourth-order valence-electron chi connectivity index (χ4n) is 2.94. The van der Waals surface area contributed by atoms with Gasteiger partial charge in [0.1, 0.15) is 11.5 Å². The van der Waals surface area contributed by atoms with Gasteiger partial charge in [-0.15, -0.1) is 10.2 Å². The van der Waals surface area contributed by atoms with Crippen molar-refractivity contribution in [2.45, 2.75) is 11.3 Å². The Morgan fingerprint density at radius 3 is 2.59 bits per heavy atom. The minimum absolute atomic E-state index is 0.107. The number of aromatic nitrogens is 5. The van der Waals surface area contributed by atoms with Gasteiger partial charge >= 0.3 is 6.18 Å². The van der Waals surface area contributed by atoms with E-state index in [4.69, 9.17) is 17.4 Å². The Morgan fingerprint density at radius 1 is 1.15 bits per heavy atom. The maximum absolute atomic E-state index is 13.2. The Labute approximate surface area is 198 Å². The minimum atomic E-state index is -4.69. The van der Waals surface area contributed by atoms with E-state index >= 15 is 0 Å². The van der Waals surface area contributed by atoms with Gasteiger partial charge in [0.25, 0.3) is 0 Å². The molecule has 1 amide bonds. The largest absolute Gasteiger partial charge is 0.418 e. The van der Waals surface area contributed by atoms with Crippen LogP contribution >= 0.6 is 23.4 Å². The van der Waals surface area contributed by atoms with Crippen molar-refractivity contribution in [1.29, 1.82) is 0 Å². The van der Waals surface area contributed by atoms with Crippen LogP contribution in [0, 0.1) is 5.82 Å². The number of aromatic amines is 1. The summed E-state index contributed by atoms with van der Waals surface area (Å²) in [5.74, 6) is 4.87. The average molecular weight is 512 g/mol. The molecule has 0 aliphatic heterocycles. The molecule has 0 fully saturated rings.